The van der Waals surface area contributed by atoms with E-state index in [4.69, 9.17) is 4.74 Å². The molecule has 8 heavy (non-hydrogen) atoms. The lowest BCUT2D eigenvalue weighted by Gasteiger charge is -2.00. The predicted octanol–water partition coefficient (Wildman–Crippen LogP) is 0.566. The summed E-state index contributed by atoms with van der Waals surface area (Å²) in [7, 11) is 0. The average Bonchev–Trinajstić information content (AvgIpc) is 1.90. The van der Waals surface area contributed by atoms with E-state index < -0.39 is 0 Å². The van der Waals surface area contributed by atoms with Gasteiger partial charge in [-0.05, 0) is 12.2 Å². The summed E-state index contributed by atoms with van der Waals surface area (Å²) in [6, 6.07) is 0. The van der Waals surface area contributed by atoms with Gasteiger partial charge in [-0.3, -0.25) is 4.79 Å². The molecule has 0 saturated carbocycles. The Kier molecular flexibility index (Phi) is 1.47. The zero-order valence-corrected chi connectivity index (χ0v) is 4.26. The summed E-state index contributed by atoms with van der Waals surface area (Å²) < 4.78 is 4.76. The molecule has 41 valence electrons. The molecule has 1 radical (unpaired) electrons. The van der Waals surface area contributed by atoms with E-state index in [-0.39, 0.29) is 0 Å². The Morgan fingerprint density at radius 2 is 2.62 bits per heavy atom. The van der Waals surface area contributed by atoms with Gasteiger partial charge in [-0.25, -0.2) is 0 Å². The van der Waals surface area contributed by atoms with E-state index in [0.717, 1.165) is 0 Å². The van der Waals surface area contributed by atoms with Gasteiger partial charge in [-0.1, -0.05) is 0 Å². The highest BCUT2D eigenvalue weighted by molar-refractivity contribution is 5.75. The lowest BCUT2D eigenvalue weighted by atomic mass is 10.3. The quantitative estimate of drug-likeness (QED) is 0.492. The van der Waals surface area contributed by atoms with Crippen molar-refractivity contribution >= 4 is 6.29 Å². The molecule has 0 saturated heterocycles. The summed E-state index contributed by atoms with van der Waals surface area (Å²) in [6.45, 7) is 0.361. The van der Waals surface area contributed by atoms with Crippen LogP contribution < -0.4 is 0 Å². The maximum Gasteiger partial charge on any atom is 0.232 e. The molecule has 0 atom stereocenters. The Morgan fingerprint density at radius 1 is 1.75 bits per heavy atom. The van der Waals surface area contributed by atoms with E-state index in [1.807, 2.05) is 0 Å². The average molecular weight is 109 g/mol. The Labute approximate surface area is 47.5 Å². The van der Waals surface area contributed by atoms with Gasteiger partial charge in [0.25, 0.3) is 0 Å². The highest BCUT2D eigenvalue weighted by Crippen LogP contribution is 1.97. The number of hydrogen-bond donors (Lipinski definition) is 0. The summed E-state index contributed by atoms with van der Waals surface area (Å²) in [6.07, 6.45) is 6.63. The van der Waals surface area contributed by atoms with Crippen LogP contribution in [0.15, 0.2) is 24.0 Å². The van der Waals surface area contributed by atoms with Gasteiger partial charge >= 0.3 is 0 Å². The maximum atomic E-state index is 9.85. The zero-order chi connectivity index (χ0) is 5.82. The summed E-state index contributed by atoms with van der Waals surface area (Å²) in [5, 5.41) is 0. The topological polar surface area (TPSA) is 26.3 Å². The van der Waals surface area contributed by atoms with Crippen LogP contribution >= 0.6 is 0 Å². The summed E-state index contributed by atoms with van der Waals surface area (Å²) >= 11 is 0. The van der Waals surface area contributed by atoms with Crippen molar-refractivity contribution in [2.24, 2.45) is 0 Å². The number of ether oxygens (including phenoxy) is 1. The van der Waals surface area contributed by atoms with Crippen LogP contribution in [0, 0.1) is 0 Å². The van der Waals surface area contributed by atoms with Gasteiger partial charge in [-0.2, -0.15) is 0 Å². The standard InChI is InChI=1S/C6H5O2/c7-4-6-2-1-3-8-5-6/h1-3H,5H2. The second-order valence-electron chi connectivity index (χ2n) is 1.43. The van der Waals surface area contributed by atoms with E-state index in [1.165, 1.54) is 0 Å². The number of carbonyl (C=O) groups excluding carboxylic acids is 1. The Bertz CT molecular complexity index is 145. The van der Waals surface area contributed by atoms with Crippen molar-refractivity contribution in [3.05, 3.63) is 24.0 Å². The molecule has 0 amide bonds. The second kappa shape index (κ2) is 2.31. The molecule has 1 aliphatic heterocycles. The first-order chi connectivity index (χ1) is 3.93. The third-order valence-electron chi connectivity index (χ3n) is 0.842. The van der Waals surface area contributed by atoms with Crippen molar-refractivity contribution in [2.75, 3.05) is 6.61 Å². The SMILES string of the molecule is O=[C]C1=CC=COC1. The highest BCUT2D eigenvalue weighted by Gasteiger charge is 1.96. The van der Waals surface area contributed by atoms with E-state index in [0.29, 0.717) is 12.2 Å². The first kappa shape index (κ1) is 5.09. The summed E-state index contributed by atoms with van der Waals surface area (Å²) in [5.41, 5.74) is 0.563. The van der Waals surface area contributed by atoms with Crippen LogP contribution in [-0.4, -0.2) is 12.9 Å². The lowest BCUT2D eigenvalue weighted by molar-refractivity contribution is 0.280. The molecule has 0 aromatic rings. The van der Waals surface area contributed by atoms with Gasteiger partial charge in [0.1, 0.15) is 6.61 Å². The van der Waals surface area contributed by atoms with Crippen molar-refractivity contribution in [1.29, 1.82) is 0 Å². The third-order valence-corrected chi connectivity index (χ3v) is 0.842. The minimum absolute atomic E-state index is 0.361. The van der Waals surface area contributed by atoms with Crippen molar-refractivity contribution in [2.45, 2.75) is 0 Å². The van der Waals surface area contributed by atoms with Crippen LogP contribution in [0.1, 0.15) is 0 Å². The predicted molar refractivity (Wildman–Crippen MR) is 28.9 cm³/mol. The number of rotatable bonds is 1. The van der Waals surface area contributed by atoms with E-state index in [1.54, 1.807) is 24.7 Å². The molecule has 0 N–H and O–H groups in total. The number of hydrogen-bond acceptors (Lipinski definition) is 2. The lowest BCUT2D eigenvalue weighted by Crippen LogP contribution is -1.97. The van der Waals surface area contributed by atoms with Gasteiger partial charge < -0.3 is 4.74 Å². The van der Waals surface area contributed by atoms with Crippen LogP contribution in [0.5, 0.6) is 0 Å². The molecular formula is C6H5O2. The fraction of sp³-hybridized carbons (Fsp3) is 0.167. The Morgan fingerprint density at radius 3 is 3.00 bits per heavy atom. The van der Waals surface area contributed by atoms with Crippen molar-refractivity contribution in [3.63, 3.8) is 0 Å². The van der Waals surface area contributed by atoms with Gasteiger partial charge in [0.15, 0.2) is 0 Å². The molecule has 0 spiro atoms. The molecule has 0 bridgehead atoms. The minimum Gasteiger partial charge on any atom is -0.496 e. The monoisotopic (exact) mass is 109 g/mol. The van der Waals surface area contributed by atoms with Gasteiger partial charge in [0.2, 0.25) is 6.29 Å². The molecular weight excluding hydrogens is 104 g/mol. The van der Waals surface area contributed by atoms with Crippen molar-refractivity contribution in [1.82, 2.24) is 0 Å². The van der Waals surface area contributed by atoms with Crippen LogP contribution in [0.25, 0.3) is 0 Å². The molecule has 1 heterocycles. The number of allylic oxidation sites excluding steroid dienone is 2. The third kappa shape index (κ3) is 0.964. The Balaban J connectivity index is 2.63. The highest BCUT2D eigenvalue weighted by atomic mass is 16.5. The fourth-order valence-corrected chi connectivity index (χ4v) is 0.460. The smallest absolute Gasteiger partial charge is 0.232 e. The maximum absolute atomic E-state index is 9.85. The first-order valence-electron chi connectivity index (χ1n) is 2.29. The molecule has 1 aliphatic rings. The van der Waals surface area contributed by atoms with Gasteiger partial charge in [-0.15, -0.1) is 0 Å². The fourth-order valence-electron chi connectivity index (χ4n) is 0.460. The molecule has 0 aromatic carbocycles. The second-order valence-corrected chi connectivity index (χ2v) is 1.43. The normalized spacial score (nSPS) is 16.8. The van der Waals surface area contributed by atoms with Gasteiger partial charge in [0, 0.05) is 5.57 Å². The minimum atomic E-state index is 0.361. The molecule has 2 heteroatoms. The zero-order valence-electron chi connectivity index (χ0n) is 4.26. The summed E-state index contributed by atoms with van der Waals surface area (Å²) in [4.78, 5) is 9.85. The molecule has 2 nitrogen and oxygen atoms in total. The van der Waals surface area contributed by atoms with E-state index in [2.05, 4.69) is 0 Å². The van der Waals surface area contributed by atoms with Crippen LogP contribution in [0.4, 0.5) is 0 Å². The Hall–Kier alpha value is -1.05. The van der Waals surface area contributed by atoms with E-state index >= 15 is 0 Å². The van der Waals surface area contributed by atoms with Crippen LogP contribution in [-0.2, 0) is 9.53 Å². The largest absolute Gasteiger partial charge is 0.496 e. The van der Waals surface area contributed by atoms with E-state index in [9.17, 15) is 4.79 Å². The summed E-state index contributed by atoms with van der Waals surface area (Å²) in [5.74, 6) is 0. The molecule has 1 rings (SSSR count). The molecule has 0 aliphatic carbocycles. The van der Waals surface area contributed by atoms with Crippen molar-refractivity contribution in [3.8, 4) is 0 Å². The first-order valence-corrected chi connectivity index (χ1v) is 2.29. The van der Waals surface area contributed by atoms with Crippen LogP contribution in [0.2, 0.25) is 0 Å². The van der Waals surface area contributed by atoms with Crippen LogP contribution in [0.3, 0.4) is 0 Å². The van der Waals surface area contributed by atoms with Crippen molar-refractivity contribution < 1.29 is 9.53 Å². The molecule has 0 unspecified atom stereocenters. The van der Waals surface area contributed by atoms with Gasteiger partial charge in [0.05, 0.1) is 6.26 Å². The molecule has 0 aromatic heterocycles. The molecule has 0 fully saturated rings.